The summed E-state index contributed by atoms with van der Waals surface area (Å²) < 4.78 is 2.52. The molecule has 2 rings (SSSR count). The van der Waals surface area contributed by atoms with Crippen LogP contribution in [0.15, 0.2) is 10.7 Å². The van der Waals surface area contributed by atoms with Crippen LogP contribution in [0.4, 0.5) is 0 Å². The number of rotatable bonds is 3. The highest BCUT2D eigenvalue weighted by molar-refractivity contribution is 9.10. The molecule has 1 aliphatic heterocycles. The van der Waals surface area contributed by atoms with Crippen LogP contribution in [0.5, 0.6) is 0 Å². The Balaban J connectivity index is 1.96. The molecule has 6 heteroatoms. The van der Waals surface area contributed by atoms with E-state index in [9.17, 15) is 4.79 Å². The largest absolute Gasteiger partial charge is 0.348 e. The van der Waals surface area contributed by atoms with Crippen molar-refractivity contribution in [2.45, 2.75) is 32.4 Å². The first-order chi connectivity index (χ1) is 8.60. The minimum Gasteiger partial charge on any atom is -0.348 e. The summed E-state index contributed by atoms with van der Waals surface area (Å²) in [6, 6.07) is 0.271. The fraction of sp³-hybridized carbons (Fsp3) is 0.667. The molecule has 2 heterocycles. The van der Waals surface area contributed by atoms with Gasteiger partial charge in [-0.3, -0.25) is 9.48 Å². The number of piperidine rings is 1. The molecule has 5 nitrogen and oxygen atoms in total. The van der Waals surface area contributed by atoms with E-state index in [1.807, 2.05) is 13.1 Å². The van der Waals surface area contributed by atoms with Crippen LogP contribution >= 0.6 is 15.9 Å². The first-order valence-electron chi connectivity index (χ1n) is 6.32. The number of likely N-dealkylation sites (tertiary alicyclic amines) is 1. The number of carbonyl (C=O) groups excluding carboxylic acids is 1. The predicted octanol–water partition coefficient (Wildman–Crippen LogP) is 1.49. The van der Waals surface area contributed by atoms with Gasteiger partial charge in [0, 0.05) is 18.8 Å². The molecule has 0 aromatic carbocycles. The first kappa shape index (κ1) is 13.5. The van der Waals surface area contributed by atoms with Crippen molar-refractivity contribution in [2.75, 3.05) is 20.1 Å². The Bertz CT molecular complexity index is 424. The van der Waals surface area contributed by atoms with Gasteiger partial charge in [0.1, 0.15) is 0 Å². The molecule has 1 aromatic rings. The van der Waals surface area contributed by atoms with E-state index in [1.165, 1.54) is 0 Å². The lowest BCUT2D eigenvalue weighted by molar-refractivity contribution is 0.0910. The van der Waals surface area contributed by atoms with Gasteiger partial charge in [0.05, 0.1) is 4.47 Å². The highest BCUT2D eigenvalue weighted by Gasteiger charge is 2.21. The first-order valence-corrected chi connectivity index (χ1v) is 7.11. The molecule has 1 aromatic heterocycles. The summed E-state index contributed by atoms with van der Waals surface area (Å²) >= 11 is 3.38. The maximum Gasteiger partial charge on any atom is 0.273 e. The molecule has 18 heavy (non-hydrogen) atoms. The molecular formula is C12H19BrN4O. The van der Waals surface area contributed by atoms with Crippen molar-refractivity contribution in [1.29, 1.82) is 0 Å². The Morgan fingerprint density at radius 3 is 2.78 bits per heavy atom. The molecule has 0 spiro atoms. The Kier molecular flexibility index (Phi) is 4.40. The highest BCUT2D eigenvalue weighted by atomic mass is 79.9. The Labute approximate surface area is 116 Å². The van der Waals surface area contributed by atoms with Gasteiger partial charge < -0.3 is 10.2 Å². The van der Waals surface area contributed by atoms with Crippen molar-refractivity contribution in [3.05, 3.63) is 16.4 Å². The quantitative estimate of drug-likeness (QED) is 0.919. The second-order valence-electron chi connectivity index (χ2n) is 4.73. The van der Waals surface area contributed by atoms with Crippen LogP contribution in [-0.4, -0.2) is 46.8 Å². The topological polar surface area (TPSA) is 50.2 Å². The lowest BCUT2D eigenvalue weighted by Crippen LogP contribution is -2.43. The summed E-state index contributed by atoms with van der Waals surface area (Å²) in [4.78, 5) is 14.4. The van der Waals surface area contributed by atoms with Crippen LogP contribution in [0.3, 0.4) is 0 Å². The maximum atomic E-state index is 12.1. The summed E-state index contributed by atoms with van der Waals surface area (Å²) in [6.45, 7) is 4.84. The fourth-order valence-corrected chi connectivity index (χ4v) is 2.62. The minimum atomic E-state index is -0.0800. The molecule has 1 saturated heterocycles. The predicted molar refractivity (Wildman–Crippen MR) is 73.6 cm³/mol. The zero-order valence-corrected chi connectivity index (χ0v) is 12.4. The third-order valence-corrected chi connectivity index (χ3v) is 3.89. The van der Waals surface area contributed by atoms with Gasteiger partial charge in [-0.1, -0.05) is 0 Å². The molecule has 100 valence electrons. The van der Waals surface area contributed by atoms with Crippen LogP contribution in [0.25, 0.3) is 0 Å². The standard InChI is InChI=1S/C12H19BrN4O/c1-3-17-8-10(13)11(15-17)12(18)14-9-4-6-16(2)7-5-9/h8-9H,3-7H2,1-2H3,(H,14,18). The molecule has 1 fully saturated rings. The number of aromatic nitrogens is 2. The lowest BCUT2D eigenvalue weighted by atomic mass is 10.1. The van der Waals surface area contributed by atoms with Crippen LogP contribution in [-0.2, 0) is 6.54 Å². The van der Waals surface area contributed by atoms with Crippen molar-refractivity contribution in [3.8, 4) is 0 Å². The molecule has 1 N–H and O–H groups in total. The molecule has 0 aliphatic carbocycles. The summed E-state index contributed by atoms with van der Waals surface area (Å²) in [5.74, 6) is -0.0800. The number of aryl methyl sites for hydroxylation is 1. The Morgan fingerprint density at radius 2 is 2.22 bits per heavy atom. The molecule has 0 radical (unpaired) electrons. The summed E-state index contributed by atoms with van der Waals surface area (Å²) in [7, 11) is 2.11. The monoisotopic (exact) mass is 314 g/mol. The number of hydrogen-bond donors (Lipinski definition) is 1. The van der Waals surface area contributed by atoms with Gasteiger partial charge in [0.2, 0.25) is 0 Å². The maximum absolute atomic E-state index is 12.1. The Morgan fingerprint density at radius 1 is 1.56 bits per heavy atom. The van der Waals surface area contributed by atoms with E-state index in [2.05, 4.69) is 38.3 Å². The smallest absolute Gasteiger partial charge is 0.273 e. The third-order valence-electron chi connectivity index (χ3n) is 3.31. The summed E-state index contributed by atoms with van der Waals surface area (Å²) in [5, 5.41) is 7.32. The second kappa shape index (κ2) is 5.84. The van der Waals surface area contributed by atoms with E-state index >= 15 is 0 Å². The van der Waals surface area contributed by atoms with E-state index in [0.29, 0.717) is 5.69 Å². The normalized spacial score (nSPS) is 17.9. The number of hydrogen-bond acceptors (Lipinski definition) is 3. The van der Waals surface area contributed by atoms with Crippen LogP contribution < -0.4 is 5.32 Å². The van der Waals surface area contributed by atoms with Crippen molar-refractivity contribution in [2.24, 2.45) is 0 Å². The zero-order valence-electron chi connectivity index (χ0n) is 10.8. The molecule has 0 saturated carbocycles. The van der Waals surface area contributed by atoms with Gasteiger partial charge in [-0.15, -0.1) is 0 Å². The zero-order chi connectivity index (χ0) is 13.1. The van der Waals surface area contributed by atoms with Gasteiger partial charge >= 0.3 is 0 Å². The third kappa shape index (κ3) is 3.11. The number of nitrogens with zero attached hydrogens (tertiary/aromatic N) is 3. The van der Waals surface area contributed by atoms with Crippen molar-refractivity contribution in [3.63, 3.8) is 0 Å². The number of halogens is 1. The van der Waals surface area contributed by atoms with Crippen LogP contribution in [0.1, 0.15) is 30.3 Å². The van der Waals surface area contributed by atoms with Crippen molar-refractivity contribution >= 4 is 21.8 Å². The van der Waals surface area contributed by atoms with E-state index < -0.39 is 0 Å². The molecule has 0 atom stereocenters. The van der Waals surface area contributed by atoms with Gasteiger partial charge in [-0.2, -0.15) is 5.10 Å². The lowest BCUT2D eigenvalue weighted by Gasteiger charge is -2.29. The summed E-state index contributed by atoms with van der Waals surface area (Å²) in [6.07, 6.45) is 3.85. The van der Waals surface area contributed by atoms with Gasteiger partial charge in [0.15, 0.2) is 5.69 Å². The SMILES string of the molecule is CCn1cc(Br)c(C(=O)NC2CCN(C)CC2)n1. The van der Waals surface area contributed by atoms with Crippen molar-refractivity contribution < 1.29 is 4.79 Å². The van der Waals surface area contributed by atoms with Crippen LogP contribution in [0.2, 0.25) is 0 Å². The van der Waals surface area contributed by atoms with E-state index in [1.54, 1.807) is 4.68 Å². The van der Waals surface area contributed by atoms with Gasteiger partial charge in [0.25, 0.3) is 5.91 Å². The minimum absolute atomic E-state index is 0.0800. The summed E-state index contributed by atoms with van der Waals surface area (Å²) in [5.41, 5.74) is 0.482. The molecule has 0 bridgehead atoms. The van der Waals surface area contributed by atoms with Gasteiger partial charge in [-0.05, 0) is 55.8 Å². The molecule has 1 aliphatic rings. The number of amides is 1. The number of nitrogens with one attached hydrogen (secondary N) is 1. The molecule has 1 amide bonds. The Hall–Kier alpha value is -0.880. The van der Waals surface area contributed by atoms with Gasteiger partial charge in [-0.25, -0.2) is 0 Å². The number of carbonyl (C=O) groups is 1. The average Bonchev–Trinajstić information content (AvgIpc) is 2.73. The van der Waals surface area contributed by atoms with E-state index in [4.69, 9.17) is 0 Å². The fourth-order valence-electron chi connectivity index (χ4n) is 2.12. The van der Waals surface area contributed by atoms with Crippen LogP contribution in [0, 0.1) is 0 Å². The van der Waals surface area contributed by atoms with Crippen molar-refractivity contribution in [1.82, 2.24) is 20.0 Å². The highest BCUT2D eigenvalue weighted by Crippen LogP contribution is 2.16. The van der Waals surface area contributed by atoms with E-state index in [0.717, 1.165) is 36.9 Å². The average molecular weight is 315 g/mol. The van der Waals surface area contributed by atoms with E-state index in [-0.39, 0.29) is 11.9 Å². The second-order valence-corrected chi connectivity index (χ2v) is 5.59. The molecule has 0 unspecified atom stereocenters. The molecular weight excluding hydrogens is 296 g/mol.